The van der Waals surface area contributed by atoms with E-state index >= 15 is 0 Å². The third-order valence-corrected chi connectivity index (χ3v) is 4.30. The minimum atomic E-state index is -1.01. The van der Waals surface area contributed by atoms with Crippen molar-refractivity contribution in [2.75, 3.05) is 0 Å². The number of rotatable bonds is 5. The van der Waals surface area contributed by atoms with Gasteiger partial charge in [0.2, 0.25) is 0 Å². The molecule has 0 spiro atoms. The summed E-state index contributed by atoms with van der Waals surface area (Å²) < 4.78 is 1.57. The Bertz CT molecular complexity index is 493. The normalized spacial score (nSPS) is 13.7. The number of amides is 1. The highest BCUT2D eigenvalue weighted by atomic mass is 127. The van der Waals surface area contributed by atoms with Crippen LogP contribution in [0, 0.1) is 9.49 Å². The molecule has 0 heterocycles. The number of halogens is 2. The summed E-state index contributed by atoms with van der Waals surface area (Å²) in [4.78, 5) is 23.3. The van der Waals surface area contributed by atoms with Gasteiger partial charge in [-0.1, -0.05) is 20.3 Å². The molecule has 0 aliphatic heterocycles. The zero-order valence-electron chi connectivity index (χ0n) is 10.6. The molecule has 0 saturated heterocycles. The second kappa shape index (κ2) is 7.23. The van der Waals surface area contributed by atoms with Crippen molar-refractivity contribution in [2.24, 2.45) is 5.92 Å². The molecule has 2 atom stereocenters. The lowest BCUT2D eigenvalue weighted by Gasteiger charge is -2.20. The van der Waals surface area contributed by atoms with Crippen molar-refractivity contribution in [1.82, 2.24) is 5.32 Å². The Morgan fingerprint density at radius 2 is 2.11 bits per heavy atom. The first-order valence-electron chi connectivity index (χ1n) is 5.85. The Labute approximate surface area is 134 Å². The van der Waals surface area contributed by atoms with Crippen molar-refractivity contribution in [3.8, 4) is 0 Å². The van der Waals surface area contributed by atoms with Crippen LogP contribution in [0.5, 0.6) is 0 Å². The fourth-order valence-electron chi connectivity index (χ4n) is 1.57. The van der Waals surface area contributed by atoms with E-state index in [0.29, 0.717) is 16.5 Å². The third-order valence-electron chi connectivity index (χ3n) is 2.94. The molecule has 0 saturated carbocycles. The number of nitrogens with one attached hydrogen (secondary N) is 1. The third kappa shape index (κ3) is 4.45. The summed E-state index contributed by atoms with van der Waals surface area (Å²) in [6.07, 6.45) is 0.685. The van der Waals surface area contributed by atoms with E-state index in [9.17, 15) is 9.59 Å². The van der Waals surface area contributed by atoms with Crippen LogP contribution in [0.2, 0.25) is 0 Å². The fraction of sp³-hybridized carbons (Fsp3) is 0.385. The van der Waals surface area contributed by atoms with Crippen molar-refractivity contribution >= 4 is 50.4 Å². The molecule has 1 amide bonds. The maximum absolute atomic E-state index is 12.1. The van der Waals surface area contributed by atoms with Crippen LogP contribution in [0.4, 0.5) is 0 Å². The smallest absolute Gasteiger partial charge is 0.326 e. The topological polar surface area (TPSA) is 66.4 Å². The predicted molar refractivity (Wildman–Crippen MR) is 85.2 cm³/mol. The van der Waals surface area contributed by atoms with Gasteiger partial charge in [-0.3, -0.25) is 4.79 Å². The highest BCUT2D eigenvalue weighted by Gasteiger charge is 2.26. The second-order valence-electron chi connectivity index (χ2n) is 4.30. The molecular weight excluding hydrogens is 425 g/mol. The number of benzene rings is 1. The lowest BCUT2D eigenvalue weighted by molar-refractivity contribution is -0.140. The maximum atomic E-state index is 12.1. The molecular formula is C13H15BrINO3. The van der Waals surface area contributed by atoms with Gasteiger partial charge in [0.05, 0.1) is 5.56 Å². The summed E-state index contributed by atoms with van der Waals surface area (Å²) in [5.41, 5.74) is 0.446. The summed E-state index contributed by atoms with van der Waals surface area (Å²) >= 11 is 5.41. The number of carboxylic acid groups (broad SMARTS) is 1. The van der Waals surface area contributed by atoms with Crippen LogP contribution in [0.25, 0.3) is 0 Å². The Kier molecular flexibility index (Phi) is 6.25. The molecule has 1 unspecified atom stereocenters. The van der Waals surface area contributed by atoms with Gasteiger partial charge in [-0.25, -0.2) is 4.79 Å². The first-order valence-corrected chi connectivity index (χ1v) is 7.72. The second-order valence-corrected chi connectivity index (χ2v) is 6.40. The van der Waals surface area contributed by atoms with E-state index in [1.54, 1.807) is 12.1 Å². The summed E-state index contributed by atoms with van der Waals surface area (Å²) in [5.74, 6) is -1.51. The summed E-state index contributed by atoms with van der Waals surface area (Å²) in [7, 11) is 0. The molecule has 0 radical (unpaired) electrons. The van der Waals surface area contributed by atoms with Gasteiger partial charge >= 0.3 is 5.97 Å². The minimum Gasteiger partial charge on any atom is -0.480 e. The average Bonchev–Trinajstić information content (AvgIpc) is 2.37. The standard InChI is InChI=1S/C13H15BrINO3/c1-3-7(2)11(13(18)19)16-12(17)9-6-8(15)4-5-10(9)14/h4-7,11H,3H2,1-2H3,(H,16,17)(H,18,19)/t7?,11-/m0/s1. The largest absolute Gasteiger partial charge is 0.480 e. The van der Waals surface area contributed by atoms with Crippen molar-refractivity contribution in [2.45, 2.75) is 26.3 Å². The minimum absolute atomic E-state index is 0.122. The van der Waals surface area contributed by atoms with Crippen LogP contribution in [-0.4, -0.2) is 23.0 Å². The number of hydrogen-bond acceptors (Lipinski definition) is 2. The van der Waals surface area contributed by atoms with Gasteiger partial charge < -0.3 is 10.4 Å². The molecule has 1 aromatic rings. The molecule has 0 fully saturated rings. The molecule has 19 heavy (non-hydrogen) atoms. The number of carbonyl (C=O) groups excluding carboxylic acids is 1. The molecule has 0 aromatic heterocycles. The molecule has 0 aliphatic carbocycles. The van der Waals surface area contributed by atoms with Crippen molar-refractivity contribution < 1.29 is 14.7 Å². The van der Waals surface area contributed by atoms with Crippen LogP contribution in [-0.2, 0) is 4.79 Å². The first kappa shape index (κ1) is 16.4. The van der Waals surface area contributed by atoms with E-state index in [1.807, 2.05) is 19.9 Å². The number of carbonyl (C=O) groups is 2. The zero-order chi connectivity index (χ0) is 14.6. The summed E-state index contributed by atoms with van der Waals surface area (Å²) in [6, 6.07) is 4.48. The fourth-order valence-corrected chi connectivity index (χ4v) is 2.49. The van der Waals surface area contributed by atoms with Crippen molar-refractivity contribution in [1.29, 1.82) is 0 Å². The van der Waals surface area contributed by atoms with Gasteiger partial charge in [0, 0.05) is 8.04 Å². The van der Waals surface area contributed by atoms with E-state index < -0.39 is 12.0 Å². The number of hydrogen-bond donors (Lipinski definition) is 2. The van der Waals surface area contributed by atoms with Crippen molar-refractivity contribution in [3.05, 3.63) is 31.8 Å². The Morgan fingerprint density at radius 3 is 2.63 bits per heavy atom. The van der Waals surface area contributed by atoms with Gasteiger partial charge in [-0.05, 0) is 62.6 Å². The van der Waals surface area contributed by atoms with Gasteiger partial charge in [0.1, 0.15) is 6.04 Å². The zero-order valence-corrected chi connectivity index (χ0v) is 14.4. The summed E-state index contributed by atoms with van der Waals surface area (Å²) in [5, 5.41) is 11.7. The molecule has 6 heteroatoms. The molecule has 1 aromatic carbocycles. The van der Waals surface area contributed by atoms with Crippen LogP contribution in [0.1, 0.15) is 30.6 Å². The van der Waals surface area contributed by atoms with Crippen molar-refractivity contribution in [3.63, 3.8) is 0 Å². The molecule has 104 valence electrons. The maximum Gasteiger partial charge on any atom is 0.326 e. The predicted octanol–water partition coefficient (Wildman–Crippen LogP) is 3.28. The molecule has 4 nitrogen and oxygen atoms in total. The van der Waals surface area contributed by atoms with Gasteiger partial charge in [0.25, 0.3) is 5.91 Å². The van der Waals surface area contributed by atoms with E-state index in [0.717, 1.165) is 3.57 Å². The van der Waals surface area contributed by atoms with E-state index in [1.165, 1.54) is 0 Å². The van der Waals surface area contributed by atoms with Crippen LogP contribution in [0.3, 0.4) is 0 Å². The number of aliphatic carboxylic acids is 1. The highest BCUT2D eigenvalue weighted by molar-refractivity contribution is 14.1. The van der Waals surface area contributed by atoms with E-state index in [2.05, 4.69) is 43.8 Å². The van der Waals surface area contributed by atoms with Crippen LogP contribution in [0.15, 0.2) is 22.7 Å². The molecule has 0 aliphatic rings. The molecule has 1 rings (SSSR count). The van der Waals surface area contributed by atoms with Crippen LogP contribution >= 0.6 is 38.5 Å². The molecule has 0 bridgehead atoms. The Morgan fingerprint density at radius 1 is 1.47 bits per heavy atom. The average molecular weight is 440 g/mol. The highest BCUT2D eigenvalue weighted by Crippen LogP contribution is 2.20. The number of carboxylic acids is 1. The van der Waals surface area contributed by atoms with Gasteiger partial charge in [-0.15, -0.1) is 0 Å². The van der Waals surface area contributed by atoms with Gasteiger partial charge in [-0.2, -0.15) is 0 Å². The lowest BCUT2D eigenvalue weighted by atomic mass is 9.99. The Balaban J connectivity index is 2.94. The van der Waals surface area contributed by atoms with E-state index in [4.69, 9.17) is 5.11 Å². The summed E-state index contributed by atoms with van der Waals surface area (Å²) in [6.45, 7) is 3.71. The monoisotopic (exact) mass is 439 g/mol. The Hall–Kier alpha value is -0.630. The first-order chi connectivity index (χ1) is 8.86. The SMILES string of the molecule is CCC(C)[C@H](NC(=O)c1cc(I)ccc1Br)C(=O)O. The molecule has 2 N–H and O–H groups in total. The lowest BCUT2D eigenvalue weighted by Crippen LogP contribution is -2.45. The van der Waals surface area contributed by atoms with E-state index in [-0.39, 0.29) is 11.8 Å². The quantitative estimate of drug-likeness (QED) is 0.692. The van der Waals surface area contributed by atoms with Crippen LogP contribution < -0.4 is 5.32 Å². The van der Waals surface area contributed by atoms with Gasteiger partial charge in [0.15, 0.2) is 0 Å².